The van der Waals surface area contributed by atoms with Gasteiger partial charge in [0.05, 0.1) is 0 Å². The van der Waals surface area contributed by atoms with Crippen molar-refractivity contribution in [2.24, 2.45) is 0 Å². The molecule has 0 bridgehead atoms. The van der Waals surface area contributed by atoms with Crippen molar-refractivity contribution in [2.45, 2.75) is 26.3 Å². The van der Waals surface area contributed by atoms with E-state index in [4.69, 9.17) is 5.73 Å². The second kappa shape index (κ2) is 7.93. The van der Waals surface area contributed by atoms with Crippen molar-refractivity contribution in [1.82, 2.24) is 9.88 Å². The molecule has 0 amide bonds. The quantitative estimate of drug-likeness (QED) is 0.712. The first-order valence-electron chi connectivity index (χ1n) is 8.58. The van der Waals surface area contributed by atoms with E-state index in [9.17, 15) is 0 Å². The molecule has 0 unspecified atom stereocenters. The molecule has 1 saturated heterocycles. The number of fused-ring (bicyclic) bond motifs is 1. The Morgan fingerprint density at radius 2 is 1.83 bits per heavy atom. The minimum absolute atomic E-state index is 0.810. The SMILES string of the molecule is Cc1cccc(CN2CCCC2)c1.Nc1cccc2cnccc12. The molecule has 0 radical (unpaired) electrons. The molecule has 1 fully saturated rings. The predicted octanol–water partition coefficient (Wildman–Crippen LogP) is 4.41. The van der Waals surface area contributed by atoms with Crippen LogP contribution in [-0.4, -0.2) is 23.0 Å². The van der Waals surface area contributed by atoms with Gasteiger partial charge in [-0.1, -0.05) is 42.0 Å². The van der Waals surface area contributed by atoms with E-state index in [2.05, 4.69) is 41.1 Å². The Hall–Kier alpha value is -2.39. The fourth-order valence-corrected chi connectivity index (χ4v) is 3.16. The Labute approximate surface area is 144 Å². The van der Waals surface area contributed by atoms with E-state index >= 15 is 0 Å². The summed E-state index contributed by atoms with van der Waals surface area (Å²) in [5.41, 5.74) is 9.37. The van der Waals surface area contributed by atoms with Gasteiger partial charge in [-0.2, -0.15) is 0 Å². The van der Waals surface area contributed by atoms with Gasteiger partial charge >= 0.3 is 0 Å². The van der Waals surface area contributed by atoms with E-state index in [1.807, 2.05) is 30.5 Å². The molecule has 1 aromatic heterocycles. The molecule has 1 aliphatic rings. The monoisotopic (exact) mass is 319 g/mol. The number of nitrogens with zero attached hydrogens (tertiary/aromatic N) is 2. The van der Waals surface area contributed by atoms with Crippen molar-refractivity contribution in [3.63, 3.8) is 0 Å². The zero-order valence-electron chi connectivity index (χ0n) is 14.3. The summed E-state index contributed by atoms with van der Waals surface area (Å²) >= 11 is 0. The van der Waals surface area contributed by atoms with Gasteiger partial charge in [-0.05, 0) is 50.6 Å². The topological polar surface area (TPSA) is 42.1 Å². The van der Waals surface area contributed by atoms with Crippen molar-refractivity contribution >= 4 is 16.5 Å². The molecular formula is C21H25N3. The highest BCUT2D eigenvalue weighted by molar-refractivity contribution is 5.91. The Morgan fingerprint density at radius 1 is 1.04 bits per heavy atom. The van der Waals surface area contributed by atoms with Crippen LogP contribution >= 0.6 is 0 Å². The van der Waals surface area contributed by atoms with Crippen LogP contribution in [0.4, 0.5) is 5.69 Å². The van der Waals surface area contributed by atoms with Crippen LogP contribution in [0.25, 0.3) is 10.8 Å². The molecule has 2 heterocycles. The number of likely N-dealkylation sites (tertiary alicyclic amines) is 1. The summed E-state index contributed by atoms with van der Waals surface area (Å²) in [6.45, 7) is 5.87. The minimum atomic E-state index is 0.810. The summed E-state index contributed by atoms with van der Waals surface area (Å²) in [6.07, 6.45) is 6.32. The molecular weight excluding hydrogens is 294 g/mol. The summed E-state index contributed by atoms with van der Waals surface area (Å²) in [4.78, 5) is 6.53. The fourth-order valence-electron chi connectivity index (χ4n) is 3.16. The van der Waals surface area contributed by atoms with Gasteiger partial charge in [0, 0.05) is 35.4 Å². The maximum Gasteiger partial charge on any atom is 0.0394 e. The molecule has 3 nitrogen and oxygen atoms in total. The average molecular weight is 319 g/mol. The third-order valence-electron chi connectivity index (χ3n) is 4.40. The molecule has 4 rings (SSSR count). The average Bonchev–Trinajstić information content (AvgIpc) is 3.09. The lowest BCUT2D eigenvalue weighted by molar-refractivity contribution is 0.331. The molecule has 0 spiro atoms. The second-order valence-corrected chi connectivity index (χ2v) is 6.42. The normalized spacial score (nSPS) is 14.4. The fraction of sp³-hybridized carbons (Fsp3) is 0.286. The molecule has 3 aromatic rings. The summed E-state index contributed by atoms with van der Waals surface area (Å²) < 4.78 is 0. The van der Waals surface area contributed by atoms with Crippen LogP contribution < -0.4 is 5.73 Å². The van der Waals surface area contributed by atoms with Gasteiger partial charge in [0.15, 0.2) is 0 Å². The highest BCUT2D eigenvalue weighted by Gasteiger charge is 2.11. The van der Waals surface area contributed by atoms with Gasteiger partial charge < -0.3 is 5.73 Å². The largest absolute Gasteiger partial charge is 0.398 e. The van der Waals surface area contributed by atoms with Crippen LogP contribution in [0.2, 0.25) is 0 Å². The van der Waals surface area contributed by atoms with Crippen LogP contribution in [0.1, 0.15) is 24.0 Å². The maximum atomic E-state index is 5.73. The zero-order chi connectivity index (χ0) is 16.8. The van der Waals surface area contributed by atoms with Gasteiger partial charge in [0.2, 0.25) is 0 Å². The highest BCUT2D eigenvalue weighted by atomic mass is 15.1. The summed E-state index contributed by atoms with van der Waals surface area (Å²) in [5.74, 6) is 0. The minimum Gasteiger partial charge on any atom is -0.398 e. The third-order valence-corrected chi connectivity index (χ3v) is 4.40. The van der Waals surface area contributed by atoms with Crippen molar-refractivity contribution in [1.29, 1.82) is 0 Å². The van der Waals surface area contributed by atoms with E-state index in [1.165, 1.54) is 37.1 Å². The molecule has 124 valence electrons. The number of nitrogen functional groups attached to an aromatic ring is 1. The zero-order valence-corrected chi connectivity index (χ0v) is 14.3. The number of nitrogens with two attached hydrogens (primary N) is 1. The van der Waals surface area contributed by atoms with Crippen molar-refractivity contribution in [2.75, 3.05) is 18.8 Å². The van der Waals surface area contributed by atoms with Crippen LogP contribution in [0, 0.1) is 6.92 Å². The van der Waals surface area contributed by atoms with Crippen LogP contribution in [0.15, 0.2) is 60.9 Å². The molecule has 0 aliphatic carbocycles. The lowest BCUT2D eigenvalue weighted by atomic mass is 10.1. The van der Waals surface area contributed by atoms with E-state index in [0.29, 0.717) is 0 Å². The van der Waals surface area contributed by atoms with Gasteiger partial charge in [-0.15, -0.1) is 0 Å². The summed E-state index contributed by atoms with van der Waals surface area (Å²) in [5, 5.41) is 2.16. The lowest BCUT2D eigenvalue weighted by Gasteiger charge is -2.14. The van der Waals surface area contributed by atoms with Gasteiger partial charge in [0.1, 0.15) is 0 Å². The Balaban J connectivity index is 0.000000143. The number of benzene rings is 2. The Kier molecular flexibility index (Phi) is 5.44. The van der Waals surface area contributed by atoms with E-state index in [0.717, 1.165) is 23.0 Å². The maximum absolute atomic E-state index is 5.73. The number of hydrogen-bond donors (Lipinski definition) is 1. The Bertz CT molecular complexity index is 786. The van der Waals surface area contributed by atoms with Crippen molar-refractivity contribution in [3.05, 3.63) is 72.1 Å². The number of anilines is 1. The number of aromatic nitrogens is 1. The standard InChI is InChI=1S/C12H17N.C9H8N2/c1-11-5-4-6-12(9-11)10-13-7-2-3-8-13;10-9-3-1-2-7-6-11-5-4-8(7)9/h4-6,9H,2-3,7-8,10H2,1H3;1-6H,10H2. The molecule has 3 heteroatoms. The van der Waals surface area contributed by atoms with Crippen LogP contribution in [-0.2, 0) is 6.54 Å². The number of pyridine rings is 1. The second-order valence-electron chi connectivity index (χ2n) is 6.42. The van der Waals surface area contributed by atoms with Crippen molar-refractivity contribution < 1.29 is 0 Å². The van der Waals surface area contributed by atoms with Gasteiger partial charge in [0.25, 0.3) is 0 Å². The summed E-state index contributed by atoms with van der Waals surface area (Å²) in [6, 6.07) is 16.6. The molecule has 1 aliphatic heterocycles. The van der Waals surface area contributed by atoms with Crippen LogP contribution in [0.3, 0.4) is 0 Å². The molecule has 2 aromatic carbocycles. The first-order valence-corrected chi connectivity index (χ1v) is 8.58. The van der Waals surface area contributed by atoms with E-state index in [-0.39, 0.29) is 0 Å². The van der Waals surface area contributed by atoms with E-state index < -0.39 is 0 Å². The number of hydrogen-bond acceptors (Lipinski definition) is 3. The smallest absolute Gasteiger partial charge is 0.0394 e. The van der Waals surface area contributed by atoms with Gasteiger partial charge in [-0.3, -0.25) is 9.88 Å². The molecule has 24 heavy (non-hydrogen) atoms. The highest BCUT2D eigenvalue weighted by Crippen LogP contribution is 2.18. The lowest BCUT2D eigenvalue weighted by Crippen LogP contribution is -2.18. The third kappa shape index (κ3) is 4.33. The van der Waals surface area contributed by atoms with Crippen molar-refractivity contribution in [3.8, 4) is 0 Å². The first-order chi connectivity index (χ1) is 11.7. The Morgan fingerprint density at radius 3 is 2.58 bits per heavy atom. The number of aryl methyl sites for hydroxylation is 1. The molecule has 0 atom stereocenters. The number of rotatable bonds is 2. The molecule has 0 saturated carbocycles. The van der Waals surface area contributed by atoms with Crippen LogP contribution in [0.5, 0.6) is 0 Å². The predicted molar refractivity (Wildman–Crippen MR) is 102 cm³/mol. The van der Waals surface area contributed by atoms with E-state index in [1.54, 1.807) is 6.20 Å². The van der Waals surface area contributed by atoms with Gasteiger partial charge in [-0.25, -0.2) is 0 Å². The summed E-state index contributed by atoms with van der Waals surface area (Å²) in [7, 11) is 0. The first kappa shape index (κ1) is 16.5. The molecule has 2 N–H and O–H groups in total.